The van der Waals surface area contributed by atoms with Crippen LogP contribution in [-0.4, -0.2) is 6.54 Å². The van der Waals surface area contributed by atoms with E-state index < -0.39 is 0 Å². The number of anilines is 2. The Morgan fingerprint density at radius 2 is 1.72 bits per heavy atom. The molecule has 0 aliphatic carbocycles. The number of hydrogen-bond acceptors (Lipinski definition) is 2. The average molecular weight is 305 g/mol. The third kappa shape index (κ3) is 3.05. The van der Waals surface area contributed by atoms with Gasteiger partial charge in [0.1, 0.15) is 0 Å². The van der Waals surface area contributed by atoms with Crippen LogP contribution in [0.25, 0.3) is 0 Å². The smallest absolute Gasteiger partial charge is 0.0440 e. The molecule has 0 unspecified atom stereocenters. The van der Waals surface area contributed by atoms with Crippen molar-refractivity contribution in [3.05, 3.63) is 58.6 Å². The Morgan fingerprint density at radius 3 is 2.33 bits per heavy atom. The predicted molar refractivity (Wildman–Crippen MR) is 81.7 cm³/mol. The van der Waals surface area contributed by atoms with Crippen molar-refractivity contribution in [2.75, 3.05) is 17.2 Å². The van der Waals surface area contributed by atoms with Crippen LogP contribution in [0.1, 0.15) is 12.5 Å². The summed E-state index contributed by atoms with van der Waals surface area (Å²) in [5.41, 5.74) is 9.01. The zero-order valence-corrected chi connectivity index (χ0v) is 12.0. The Balaban J connectivity index is 2.20. The molecule has 0 spiro atoms. The molecule has 2 nitrogen and oxygen atoms in total. The normalized spacial score (nSPS) is 10.3. The topological polar surface area (TPSA) is 29.3 Å². The highest BCUT2D eigenvalue weighted by Gasteiger charge is 2.07. The summed E-state index contributed by atoms with van der Waals surface area (Å²) in [5, 5.41) is 0. The fraction of sp³-hybridized carbons (Fsp3) is 0.200. The standard InChI is InChI=1S/C15H17BrN2/c1-2-18(14-9-7-13(17)8-10-14)11-12-5-3-4-6-15(12)16/h3-10H,2,11,17H2,1H3. The quantitative estimate of drug-likeness (QED) is 0.863. The monoisotopic (exact) mass is 304 g/mol. The number of hydrogen-bond donors (Lipinski definition) is 1. The molecule has 3 heteroatoms. The lowest BCUT2D eigenvalue weighted by molar-refractivity contribution is 0.829. The Kier molecular flexibility index (Phi) is 4.26. The van der Waals surface area contributed by atoms with E-state index in [9.17, 15) is 0 Å². The van der Waals surface area contributed by atoms with Gasteiger partial charge < -0.3 is 10.6 Å². The third-order valence-corrected chi connectivity index (χ3v) is 3.73. The molecular formula is C15H17BrN2. The van der Waals surface area contributed by atoms with Gasteiger partial charge in [0.05, 0.1) is 0 Å². The third-order valence-electron chi connectivity index (χ3n) is 2.96. The van der Waals surface area contributed by atoms with Crippen LogP contribution >= 0.6 is 15.9 Å². The zero-order chi connectivity index (χ0) is 13.0. The van der Waals surface area contributed by atoms with Gasteiger partial charge in [0.25, 0.3) is 0 Å². The first-order chi connectivity index (χ1) is 8.70. The van der Waals surface area contributed by atoms with Crippen LogP contribution in [0.2, 0.25) is 0 Å². The second kappa shape index (κ2) is 5.91. The molecule has 0 aliphatic heterocycles. The van der Waals surface area contributed by atoms with E-state index in [-0.39, 0.29) is 0 Å². The van der Waals surface area contributed by atoms with Gasteiger partial charge in [0.15, 0.2) is 0 Å². The fourth-order valence-corrected chi connectivity index (χ4v) is 2.31. The second-order valence-corrected chi connectivity index (χ2v) is 5.05. The van der Waals surface area contributed by atoms with Crippen LogP contribution in [-0.2, 0) is 6.54 Å². The molecule has 0 heterocycles. The van der Waals surface area contributed by atoms with E-state index in [0.717, 1.165) is 23.2 Å². The molecule has 0 saturated carbocycles. The Morgan fingerprint density at radius 1 is 1.06 bits per heavy atom. The van der Waals surface area contributed by atoms with Crippen molar-refractivity contribution in [3.63, 3.8) is 0 Å². The maximum Gasteiger partial charge on any atom is 0.0440 e. The molecule has 2 aromatic carbocycles. The van der Waals surface area contributed by atoms with Crippen molar-refractivity contribution >= 4 is 27.3 Å². The van der Waals surface area contributed by atoms with E-state index >= 15 is 0 Å². The van der Waals surface area contributed by atoms with Crippen LogP contribution in [0.5, 0.6) is 0 Å². The Bertz CT molecular complexity index is 508. The number of halogens is 1. The summed E-state index contributed by atoms with van der Waals surface area (Å²) in [7, 11) is 0. The lowest BCUT2D eigenvalue weighted by Crippen LogP contribution is -2.22. The summed E-state index contributed by atoms with van der Waals surface area (Å²) in [6.07, 6.45) is 0. The maximum absolute atomic E-state index is 5.72. The first-order valence-corrected chi connectivity index (χ1v) is 6.84. The molecule has 0 aromatic heterocycles. The summed E-state index contributed by atoms with van der Waals surface area (Å²) in [4.78, 5) is 2.32. The van der Waals surface area contributed by atoms with E-state index in [1.54, 1.807) is 0 Å². The van der Waals surface area contributed by atoms with E-state index in [0.29, 0.717) is 0 Å². The van der Waals surface area contributed by atoms with E-state index in [4.69, 9.17) is 5.73 Å². The summed E-state index contributed by atoms with van der Waals surface area (Å²) in [5.74, 6) is 0. The highest BCUT2D eigenvalue weighted by molar-refractivity contribution is 9.10. The van der Waals surface area contributed by atoms with Gasteiger partial charge in [-0.05, 0) is 42.8 Å². The lowest BCUT2D eigenvalue weighted by Gasteiger charge is -2.24. The zero-order valence-electron chi connectivity index (χ0n) is 10.4. The van der Waals surface area contributed by atoms with Crippen molar-refractivity contribution in [3.8, 4) is 0 Å². The Hall–Kier alpha value is -1.48. The maximum atomic E-state index is 5.72. The predicted octanol–water partition coefficient (Wildman–Crippen LogP) is 4.06. The van der Waals surface area contributed by atoms with Crippen LogP contribution in [0.3, 0.4) is 0 Å². The lowest BCUT2D eigenvalue weighted by atomic mass is 10.2. The number of nitrogens with two attached hydrogens (primary N) is 1. The number of rotatable bonds is 4. The molecule has 2 rings (SSSR count). The molecule has 0 amide bonds. The molecule has 18 heavy (non-hydrogen) atoms. The number of nitrogens with zero attached hydrogens (tertiary/aromatic N) is 1. The van der Waals surface area contributed by atoms with E-state index in [1.807, 2.05) is 18.2 Å². The number of benzene rings is 2. The fourth-order valence-electron chi connectivity index (χ4n) is 1.90. The number of nitrogen functional groups attached to an aromatic ring is 1. The average Bonchev–Trinajstić information content (AvgIpc) is 2.39. The summed E-state index contributed by atoms with van der Waals surface area (Å²) < 4.78 is 1.15. The van der Waals surface area contributed by atoms with Crippen LogP contribution in [0.4, 0.5) is 11.4 Å². The first-order valence-electron chi connectivity index (χ1n) is 6.04. The van der Waals surface area contributed by atoms with Gasteiger partial charge in [-0.1, -0.05) is 34.1 Å². The van der Waals surface area contributed by atoms with Crippen molar-refractivity contribution in [2.24, 2.45) is 0 Å². The van der Waals surface area contributed by atoms with Gasteiger partial charge in [0, 0.05) is 28.9 Å². The van der Waals surface area contributed by atoms with E-state index in [1.165, 1.54) is 11.3 Å². The van der Waals surface area contributed by atoms with Gasteiger partial charge in [-0.15, -0.1) is 0 Å². The molecule has 2 N–H and O–H groups in total. The van der Waals surface area contributed by atoms with Crippen molar-refractivity contribution in [1.29, 1.82) is 0 Å². The molecular weight excluding hydrogens is 288 g/mol. The molecule has 0 saturated heterocycles. The first kappa shape index (κ1) is 13.0. The molecule has 94 valence electrons. The van der Waals surface area contributed by atoms with Crippen LogP contribution < -0.4 is 10.6 Å². The molecule has 0 radical (unpaired) electrons. The molecule has 0 atom stereocenters. The molecule has 0 bridgehead atoms. The minimum atomic E-state index is 0.802. The van der Waals surface area contributed by atoms with E-state index in [2.05, 4.69) is 58.1 Å². The van der Waals surface area contributed by atoms with Crippen molar-refractivity contribution < 1.29 is 0 Å². The van der Waals surface area contributed by atoms with Gasteiger partial charge in [-0.3, -0.25) is 0 Å². The van der Waals surface area contributed by atoms with Gasteiger partial charge in [-0.25, -0.2) is 0 Å². The van der Waals surface area contributed by atoms with Crippen molar-refractivity contribution in [1.82, 2.24) is 0 Å². The minimum Gasteiger partial charge on any atom is -0.399 e. The minimum absolute atomic E-state index is 0.802. The van der Waals surface area contributed by atoms with Gasteiger partial charge in [-0.2, -0.15) is 0 Å². The van der Waals surface area contributed by atoms with Gasteiger partial charge in [0.2, 0.25) is 0 Å². The molecule has 2 aromatic rings. The Labute approximate surface area is 117 Å². The second-order valence-electron chi connectivity index (χ2n) is 4.20. The highest BCUT2D eigenvalue weighted by Crippen LogP contribution is 2.22. The summed E-state index contributed by atoms with van der Waals surface area (Å²) in [6.45, 7) is 4.01. The summed E-state index contributed by atoms with van der Waals surface area (Å²) >= 11 is 3.59. The SMILES string of the molecule is CCN(Cc1ccccc1Br)c1ccc(N)cc1. The van der Waals surface area contributed by atoms with Gasteiger partial charge >= 0.3 is 0 Å². The largest absolute Gasteiger partial charge is 0.399 e. The van der Waals surface area contributed by atoms with Crippen molar-refractivity contribution in [2.45, 2.75) is 13.5 Å². The molecule has 0 aliphatic rings. The van der Waals surface area contributed by atoms with Crippen LogP contribution in [0, 0.1) is 0 Å². The highest BCUT2D eigenvalue weighted by atomic mass is 79.9. The summed E-state index contributed by atoms with van der Waals surface area (Å²) in [6, 6.07) is 16.3. The molecule has 0 fully saturated rings. The van der Waals surface area contributed by atoms with Crippen LogP contribution in [0.15, 0.2) is 53.0 Å².